The predicted molar refractivity (Wildman–Crippen MR) is 132 cm³/mol. The summed E-state index contributed by atoms with van der Waals surface area (Å²) in [5.41, 5.74) is 6.75. The van der Waals surface area contributed by atoms with Crippen LogP contribution in [0.25, 0.3) is 27.3 Å². The van der Waals surface area contributed by atoms with E-state index in [9.17, 15) is 4.79 Å². The van der Waals surface area contributed by atoms with Crippen molar-refractivity contribution in [3.63, 3.8) is 0 Å². The van der Waals surface area contributed by atoms with Crippen LogP contribution in [0, 0.1) is 13.8 Å². The van der Waals surface area contributed by atoms with Crippen molar-refractivity contribution in [3.8, 4) is 16.3 Å². The van der Waals surface area contributed by atoms with Gasteiger partial charge < -0.3 is 4.90 Å². The molecule has 0 unspecified atom stereocenters. The molecule has 2 aromatic carbocycles. The number of rotatable bonds is 5. The zero-order valence-electron chi connectivity index (χ0n) is 18.7. The summed E-state index contributed by atoms with van der Waals surface area (Å²) in [6, 6.07) is 19.6. The van der Waals surface area contributed by atoms with Gasteiger partial charge in [0.25, 0.3) is 5.91 Å². The van der Waals surface area contributed by atoms with Gasteiger partial charge in [-0.15, -0.1) is 11.3 Å². The lowest BCUT2D eigenvalue weighted by Crippen LogP contribution is -2.26. The molecule has 0 saturated heterocycles. The van der Waals surface area contributed by atoms with Gasteiger partial charge in [-0.1, -0.05) is 24.3 Å². The van der Waals surface area contributed by atoms with Crippen LogP contribution in [-0.2, 0) is 6.54 Å². The second kappa shape index (κ2) is 8.60. The second-order valence-electron chi connectivity index (χ2n) is 8.02. The first-order valence-corrected chi connectivity index (χ1v) is 11.6. The average Bonchev–Trinajstić information content (AvgIpc) is 3.50. The number of hydrogen-bond acceptors (Lipinski definition) is 5. The van der Waals surface area contributed by atoms with Gasteiger partial charge in [0.05, 0.1) is 33.0 Å². The Morgan fingerprint density at radius 3 is 2.45 bits per heavy atom. The van der Waals surface area contributed by atoms with Crippen molar-refractivity contribution in [3.05, 3.63) is 94.8 Å². The summed E-state index contributed by atoms with van der Waals surface area (Å²) in [6.45, 7) is 4.31. The number of fused-ring (bicyclic) bond motifs is 1. The first kappa shape index (κ1) is 21.0. The molecule has 0 fully saturated rings. The summed E-state index contributed by atoms with van der Waals surface area (Å²) in [7, 11) is 1.82. The predicted octanol–water partition coefficient (Wildman–Crippen LogP) is 5.43. The zero-order chi connectivity index (χ0) is 22.9. The minimum atomic E-state index is -0.0680. The summed E-state index contributed by atoms with van der Waals surface area (Å²) < 4.78 is 1.87. The molecule has 0 bridgehead atoms. The quantitative estimate of drug-likeness (QED) is 0.356. The summed E-state index contributed by atoms with van der Waals surface area (Å²) in [6.07, 6.45) is 2.01. The number of carbonyl (C=O) groups excluding carboxylic acids is 1. The molecule has 0 N–H and O–H groups in total. The number of para-hydroxylation sites is 1. The van der Waals surface area contributed by atoms with E-state index in [1.54, 1.807) is 16.2 Å². The molecular weight excluding hydrogens is 430 g/mol. The van der Waals surface area contributed by atoms with Crippen LogP contribution >= 0.6 is 11.3 Å². The topological polar surface area (TPSA) is 63.9 Å². The number of benzene rings is 2. The Morgan fingerprint density at radius 2 is 1.73 bits per heavy atom. The fourth-order valence-corrected chi connectivity index (χ4v) is 4.51. The van der Waals surface area contributed by atoms with E-state index in [-0.39, 0.29) is 5.91 Å². The molecule has 33 heavy (non-hydrogen) atoms. The monoisotopic (exact) mass is 453 g/mol. The first-order valence-electron chi connectivity index (χ1n) is 10.7. The maximum Gasteiger partial charge on any atom is 0.253 e. The highest BCUT2D eigenvalue weighted by Gasteiger charge is 2.19. The number of amides is 1. The molecule has 0 spiro atoms. The minimum absolute atomic E-state index is 0.0680. The first-order chi connectivity index (χ1) is 16.0. The van der Waals surface area contributed by atoms with E-state index >= 15 is 0 Å². The Labute approximate surface area is 196 Å². The molecule has 0 aliphatic rings. The van der Waals surface area contributed by atoms with Gasteiger partial charge in [0.2, 0.25) is 0 Å². The molecule has 5 rings (SSSR count). The molecule has 6 nitrogen and oxygen atoms in total. The maximum absolute atomic E-state index is 13.3. The number of aryl methyl sites for hydroxylation is 2. The van der Waals surface area contributed by atoms with Crippen molar-refractivity contribution in [1.82, 2.24) is 24.6 Å². The van der Waals surface area contributed by atoms with E-state index in [1.807, 2.05) is 91.8 Å². The Hall–Kier alpha value is -3.84. The van der Waals surface area contributed by atoms with Crippen LogP contribution in [-0.4, -0.2) is 37.6 Å². The SMILES string of the molecule is Cc1nc2ccc(C(=O)N(C)Cc3cn(-c4ccccc4)nc3-c3cccs3)cc2nc1C. The van der Waals surface area contributed by atoms with Gasteiger partial charge in [-0.3, -0.25) is 4.79 Å². The molecule has 5 aromatic rings. The molecule has 164 valence electrons. The van der Waals surface area contributed by atoms with Gasteiger partial charge >= 0.3 is 0 Å². The zero-order valence-corrected chi connectivity index (χ0v) is 19.5. The molecule has 0 radical (unpaired) electrons. The van der Waals surface area contributed by atoms with Gasteiger partial charge in [0.15, 0.2) is 0 Å². The van der Waals surface area contributed by atoms with E-state index < -0.39 is 0 Å². The molecule has 7 heteroatoms. The van der Waals surface area contributed by atoms with Crippen LogP contribution in [0.2, 0.25) is 0 Å². The highest BCUT2D eigenvalue weighted by atomic mass is 32.1. The normalized spacial score (nSPS) is 11.1. The summed E-state index contributed by atoms with van der Waals surface area (Å²) in [5.74, 6) is -0.0680. The van der Waals surface area contributed by atoms with Gasteiger partial charge in [-0.25, -0.2) is 14.6 Å². The Bertz CT molecular complexity index is 1440. The van der Waals surface area contributed by atoms with E-state index in [0.29, 0.717) is 12.1 Å². The maximum atomic E-state index is 13.3. The summed E-state index contributed by atoms with van der Waals surface area (Å²) in [5, 5.41) is 6.87. The molecule has 0 saturated carbocycles. The van der Waals surface area contributed by atoms with Crippen LogP contribution in [0.4, 0.5) is 0 Å². The number of thiophene rings is 1. The fraction of sp³-hybridized carbons (Fsp3) is 0.154. The Kier molecular flexibility index (Phi) is 5.48. The summed E-state index contributed by atoms with van der Waals surface area (Å²) in [4.78, 5) is 25.2. The molecule has 1 amide bonds. The lowest BCUT2D eigenvalue weighted by atomic mass is 10.1. The van der Waals surface area contributed by atoms with Crippen molar-refractivity contribution in [1.29, 1.82) is 0 Å². The highest BCUT2D eigenvalue weighted by Crippen LogP contribution is 2.29. The minimum Gasteiger partial charge on any atom is -0.337 e. The van der Waals surface area contributed by atoms with Gasteiger partial charge in [-0.05, 0) is 55.6 Å². The average molecular weight is 454 g/mol. The second-order valence-corrected chi connectivity index (χ2v) is 8.97. The van der Waals surface area contributed by atoms with Crippen LogP contribution in [0.1, 0.15) is 27.3 Å². The van der Waals surface area contributed by atoms with Crippen LogP contribution < -0.4 is 0 Å². The van der Waals surface area contributed by atoms with E-state index in [2.05, 4.69) is 16.0 Å². The Morgan fingerprint density at radius 1 is 0.970 bits per heavy atom. The van der Waals surface area contributed by atoms with Crippen molar-refractivity contribution in [2.75, 3.05) is 7.05 Å². The van der Waals surface area contributed by atoms with Crippen molar-refractivity contribution < 1.29 is 4.79 Å². The highest BCUT2D eigenvalue weighted by molar-refractivity contribution is 7.13. The molecule has 3 heterocycles. The van der Waals surface area contributed by atoms with Crippen LogP contribution in [0.3, 0.4) is 0 Å². The van der Waals surface area contributed by atoms with E-state index in [1.165, 1.54) is 0 Å². The third kappa shape index (κ3) is 4.15. The largest absolute Gasteiger partial charge is 0.337 e. The fourth-order valence-electron chi connectivity index (χ4n) is 3.77. The molecule has 0 atom stereocenters. The third-order valence-electron chi connectivity index (χ3n) is 5.64. The lowest BCUT2D eigenvalue weighted by molar-refractivity contribution is 0.0785. The van der Waals surface area contributed by atoms with Crippen molar-refractivity contribution >= 4 is 28.3 Å². The van der Waals surface area contributed by atoms with Crippen molar-refractivity contribution in [2.45, 2.75) is 20.4 Å². The third-order valence-corrected chi connectivity index (χ3v) is 6.52. The summed E-state index contributed by atoms with van der Waals surface area (Å²) >= 11 is 1.64. The van der Waals surface area contributed by atoms with E-state index in [0.717, 1.165) is 44.2 Å². The number of carbonyl (C=O) groups is 1. The number of aromatic nitrogens is 4. The molecular formula is C26H23N5OS. The number of hydrogen-bond donors (Lipinski definition) is 0. The van der Waals surface area contributed by atoms with Crippen LogP contribution in [0.15, 0.2) is 72.2 Å². The molecule has 0 aliphatic carbocycles. The smallest absolute Gasteiger partial charge is 0.253 e. The van der Waals surface area contributed by atoms with Gasteiger partial charge in [0.1, 0.15) is 5.69 Å². The molecule has 3 aromatic heterocycles. The van der Waals surface area contributed by atoms with Gasteiger partial charge in [0, 0.05) is 30.9 Å². The standard InChI is InChI=1S/C26H23N5OS/c1-17-18(2)28-23-14-19(11-12-22(23)27-17)26(32)30(3)15-20-16-31(21-8-5-4-6-9-21)29-25(20)24-10-7-13-33-24/h4-14,16H,15H2,1-3H3. The van der Waals surface area contributed by atoms with E-state index in [4.69, 9.17) is 5.10 Å². The Balaban J connectivity index is 1.46. The van der Waals surface area contributed by atoms with Gasteiger partial charge in [-0.2, -0.15) is 5.10 Å². The number of nitrogens with zero attached hydrogens (tertiary/aromatic N) is 5. The molecule has 0 aliphatic heterocycles. The van der Waals surface area contributed by atoms with Crippen molar-refractivity contribution in [2.24, 2.45) is 0 Å². The van der Waals surface area contributed by atoms with Crippen LogP contribution in [0.5, 0.6) is 0 Å². The lowest BCUT2D eigenvalue weighted by Gasteiger charge is -2.17.